The van der Waals surface area contributed by atoms with Gasteiger partial charge in [0.25, 0.3) is 0 Å². The van der Waals surface area contributed by atoms with E-state index in [-0.39, 0.29) is 35.4 Å². The molecule has 0 saturated carbocycles. The highest BCUT2D eigenvalue weighted by atomic mass is 127. The Kier molecular flexibility index (Phi) is 10.7. The molecule has 0 fully saturated rings. The fourth-order valence-electron chi connectivity index (χ4n) is 2.20. The van der Waals surface area contributed by atoms with Crippen molar-refractivity contribution in [2.24, 2.45) is 4.99 Å². The first-order valence-corrected chi connectivity index (χ1v) is 10.2. The van der Waals surface area contributed by atoms with Crippen LogP contribution in [0, 0.1) is 0 Å². The molecule has 148 valence electrons. The zero-order chi connectivity index (χ0) is 18.8. The fourth-order valence-corrected chi connectivity index (χ4v) is 3.46. The molecule has 9 heteroatoms. The number of rotatable bonds is 8. The molecule has 0 aliphatic rings. The molecule has 0 radical (unpaired) electrons. The zero-order valence-corrected chi connectivity index (χ0v) is 18.9. The Balaban J connectivity index is 0.00000364. The molecule has 0 atom stereocenters. The maximum atomic E-state index is 12.1. The van der Waals surface area contributed by atoms with E-state index in [4.69, 9.17) is 11.6 Å². The largest absolute Gasteiger partial charge is 0.357 e. The number of aliphatic imine (C=N–C) groups is 1. The molecule has 0 heterocycles. The number of sulfonamides is 1. The quantitative estimate of drug-likeness (QED) is 0.215. The van der Waals surface area contributed by atoms with Crippen LogP contribution in [-0.4, -0.2) is 34.0 Å². The van der Waals surface area contributed by atoms with Crippen molar-refractivity contribution in [3.05, 3.63) is 65.2 Å². The lowest BCUT2D eigenvalue weighted by atomic mass is 10.2. The molecular weight excluding hydrogens is 499 g/mol. The number of hydrogen-bond donors (Lipinski definition) is 3. The van der Waals surface area contributed by atoms with Crippen molar-refractivity contribution < 1.29 is 8.42 Å². The van der Waals surface area contributed by atoms with Gasteiger partial charge in [0.05, 0.1) is 11.4 Å². The summed E-state index contributed by atoms with van der Waals surface area (Å²) in [7, 11) is -3.50. The highest BCUT2D eigenvalue weighted by molar-refractivity contribution is 14.0. The van der Waals surface area contributed by atoms with E-state index in [1.807, 2.05) is 31.2 Å². The van der Waals surface area contributed by atoms with Crippen molar-refractivity contribution in [2.45, 2.75) is 18.4 Å². The Labute approximate surface area is 182 Å². The Morgan fingerprint density at radius 1 is 1.04 bits per heavy atom. The lowest BCUT2D eigenvalue weighted by Gasteiger charge is -2.12. The third kappa shape index (κ3) is 8.46. The summed E-state index contributed by atoms with van der Waals surface area (Å²) in [5.41, 5.74) is 1.000. The fraction of sp³-hybridized carbons (Fsp3) is 0.278. The predicted molar refractivity (Wildman–Crippen MR) is 121 cm³/mol. The van der Waals surface area contributed by atoms with Crippen LogP contribution in [0.1, 0.15) is 12.5 Å². The second kappa shape index (κ2) is 12.2. The van der Waals surface area contributed by atoms with E-state index in [0.717, 1.165) is 5.56 Å². The second-order valence-corrected chi connectivity index (χ2v) is 7.67. The van der Waals surface area contributed by atoms with Gasteiger partial charge in [0.2, 0.25) is 10.0 Å². The van der Waals surface area contributed by atoms with Gasteiger partial charge in [-0.2, -0.15) is 0 Å². The minimum absolute atomic E-state index is 0. The summed E-state index contributed by atoms with van der Waals surface area (Å²) >= 11 is 5.97. The summed E-state index contributed by atoms with van der Waals surface area (Å²) in [4.78, 5) is 4.73. The molecule has 0 unspecified atom stereocenters. The normalized spacial score (nSPS) is 11.6. The number of halogens is 2. The van der Waals surface area contributed by atoms with Gasteiger partial charge in [0, 0.05) is 24.7 Å². The summed E-state index contributed by atoms with van der Waals surface area (Å²) in [6.07, 6.45) is 0. The average molecular weight is 523 g/mol. The van der Waals surface area contributed by atoms with Crippen molar-refractivity contribution >= 4 is 51.6 Å². The van der Waals surface area contributed by atoms with Gasteiger partial charge in [-0.3, -0.25) is 0 Å². The summed E-state index contributed by atoms with van der Waals surface area (Å²) in [6, 6.07) is 15.8. The van der Waals surface area contributed by atoms with Crippen LogP contribution in [-0.2, 0) is 16.6 Å². The number of hydrogen-bond acceptors (Lipinski definition) is 3. The minimum atomic E-state index is -3.50. The molecule has 2 rings (SSSR count). The van der Waals surface area contributed by atoms with E-state index in [2.05, 4.69) is 20.3 Å². The maximum absolute atomic E-state index is 12.1. The molecule has 0 aliphatic carbocycles. The highest BCUT2D eigenvalue weighted by Crippen LogP contribution is 2.11. The molecule has 6 nitrogen and oxygen atoms in total. The number of guanidine groups is 1. The molecule has 0 aliphatic heterocycles. The summed E-state index contributed by atoms with van der Waals surface area (Å²) in [6.45, 7) is 3.81. The van der Waals surface area contributed by atoms with Crippen LogP contribution in [0.15, 0.2) is 64.5 Å². The van der Waals surface area contributed by atoms with E-state index in [1.165, 1.54) is 0 Å². The molecule has 0 bridgehead atoms. The molecule has 2 aromatic rings. The minimum Gasteiger partial charge on any atom is -0.357 e. The molecule has 0 saturated heterocycles. The van der Waals surface area contributed by atoms with E-state index in [9.17, 15) is 8.42 Å². The van der Waals surface area contributed by atoms with Crippen LogP contribution >= 0.6 is 35.6 Å². The highest BCUT2D eigenvalue weighted by Gasteiger charge is 2.12. The first-order chi connectivity index (χ1) is 12.5. The van der Waals surface area contributed by atoms with Gasteiger partial charge in [0.1, 0.15) is 0 Å². The molecule has 0 aromatic heterocycles. The van der Waals surface area contributed by atoms with Gasteiger partial charge in [-0.05, 0) is 36.8 Å². The van der Waals surface area contributed by atoms with Crippen LogP contribution in [0.2, 0.25) is 5.02 Å². The monoisotopic (exact) mass is 522 g/mol. The standard InChI is InChI=1S/C18H23ClN4O2S.HI/c1-2-20-18(22-14-15-7-6-8-16(19)13-15)21-11-12-23-26(24,25)17-9-4-3-5-10-17;/h3-10,13,23H,2,11-12,14H2,1H3,(H2,20,21,22);1H. The topological polar surface area (TPSA) is 82.6 Å². The SMILES string of the molecule is CCNC(=NCc1cccc(Cl)c1)NCCNS(=O)(=O)c1ccccc1.I. The Morgan fingerprint density at radius 3 is 2.44 bits per heavy atom. The Hall–Kier alpha value is -1.36. The predicted octanol–water partition coefficient (Wildman–Crippen LogP) is 2.99. The van der Waals surface area contributed by atoms with Gasteiger partial charge >= 0.3 is 0 Å². The lowest BCUT2D eigenvalue weighted by Crippen LogP contribution is -2.41. The zero-order valence-electron chi connectivity index (χ0n) is 15.0. The summed E-state index contributed by atoms with van der Waals surface area (Å²) in [5.74, 6) is 0.617. The average Bonchev–Trinajstić information content (AvgIpc) is 2.64. The molecule has 3 N–H and O–H groups in total. The molecule has 27 heavy (non-hydrogen) atoms. The van der Waals surface area contributed by atoms with Crippen molar-refractivity contribution in [3.8, 4) is 0 Å². The van der Waals surface area contributed by atoms with Crippen molar-refractivity contribution in [1.29, 1.82) is 0 Å². The molecular formula is C18H24ClIN4O2S. The van der Waals surface area contributed by atoms with E-state index in [0.29, 0.717) is 30.6 Å². The third-order valence-electron chi connectivity index (χ3n) is 3.42. The van der Waals surface area contributed by atoms with Crippen LogP contribution < -0.4 is 15.4 Å². The molecule has 0 spiro atoms. The first kappa shape index (κ1) is 23.7. The number of nitrogens with zero attached hydrogens (tertiary/aromatic N) is 1. The maximum Gasteiger partial charge on any atom is 0.240 e. The van der Waals surface area contributed by atoms with E-state index in [1.54, 1.807) is 30.3 Å². The van der Waals surface area contributed by atoms with E-state index < -0.39 is 10.0 Å². The Morgan fingerprint density at radius 2 is 1.78 bits per heavy atom. The summed E-state index contributed by atoms with van der Waals surface area (Å²) in [5, 5.41) is 6.91. The van der Waals surface area contributed by atoms with Crippen molar-refractivity contribution in [3.63, 3.8) is 0 Å². The number of nitrogens with one attached hydrogen (secondary N) is 3. The van der Waals surface area contributed by atoms with Gasteiger partial charge in [-0.25, -0.2) is 18.1 Å². The smallest absolute Gasteiger partial charge is 0.240 e. The van der Waals surface area contributed by atoms with Gasteiger partial charge in [-0.15, -0.1) is 24.0 Å². The van der Waals surface area contributed by atoms with Crippen LogP contribution in [0.5, 0.6) is 0 Å². The van der Waals surface area contributed by atoms with Gasteiger partial charge < -0.3 is 10.6 Å². The van der Waals surface area contributed by atoms with Crippen LogP contribution in [0.4, 0.5) is 0 Å². The molecule has 0 amide bonds. The summed E-state index contributed by atoms with van der Waals surface area (Å²) < 4.78 is 26.9. The van der Waals surface area contributed by atoms with Crippen LogP contribution in [0.3, 0.4) is 0 Å². The molecule has 2 aromatic carbocycles. The van der Waals surface area contributed by atoms with Crippen LogP contribution in [0.25, 0.3) is 0 Å². The van der Waals surface area contributed by atoms with Gasteiger partial charge in [0.15, 0.2) is 5.96 Å². The van der Waals surface area contributed by atoms with E-state index >= 15 is 0 Å². The van der Waals surface area contributed by atoms with Crippen molar-refractivity contribution in [1.82, 2.24) is 15.4 Å². The second-order valence-electron chi connectivity index (χ2n) is 5.46. The lowest BCUT2D eigenvalue weighted by molar-refractivity contribution is 0.580. The van der Waals surface area contributed by atoms with Crippen molar-refractivity contribution in [2.75, 3.05) is 19.6 Å². The number of benzene rings is 2. The third-order valence-corrected chi connectivity index (χ3v) is 5.13. The first-order valence-electron chi connectivity index (χ1n) is 8.32. The Bertz CT molecular complexity index is 832. The van der Waals surface area contributed by atoms with Gasteiger partial charge in [-0.1, -0.05) is 41.9 Å².